The lowest BCUT2D eigenvalue weighted by atomic mass is 10.1. The number of piperazine rings is 1. The van der Waals surface area contributed by atoms with E-state index >= 15 is 0 Å². The van der Waals surface area contributed by atoms with Crippen LogP contribution in [0.2, 0.25) is 0 Å². The Morgan fingerprint density at radius 1 is 1.31 bits per heavy atom. The van der Waals surface area contributed by atoms with Gasteiger partial charge in [-0.3, -0.25) is 0 Å². The van der Waals surface area contributed by atoms with Gasteiger partial charge in [-0.1, -0.05) is 6.07 Å². The highest BCUT2D eigenvalue weighted by Crippen LogP contribution is 2.27. The lowest BCUT2D eigenvalue weighted by Crippen LogP contribution is -2.43. The van der Waals surface area contributed by atoms with E-state index < -0.39 is 0 Å². The van der Waals surface area contributed by atoms with Gasteiger partial charge in [0.2, 0.25) is 0 Å². The second kappa shape index (κ2) is 5.66. The molecule has 1 saturated heterocycles. The molecule has 3 N–H and O–H groups in total. The molecule has 1 aromatic carbocycles. The van der Waals surface area contributed by atoms with Crippen molar-refractivity contribution in [1.82, 2.24) is 5.32 Å². The molecule has 1 aromatic rings. The van der Waals surface area contributed by atoms with E-state index in [1.165, 1.54) is 15.7 Å². The van der Waals surface area contributed by atoms with Crippen LogP contribution in [0, 0.1) is 0 Å². The Morgan fingerprint density at radius 3 is 2.69 bits per heavy atom. The number of nitrogens with two attached hydrogens (primary N) is 1. The summed E-state index contributed by atoms with van der Waals surface area (Å²) in [7, 11) is 0. The molecular weight excluding hydrogens is 266 g/mol. The van der Waals surface area contributed by atoms with Crippen LogP contribution < -0.4 is 16.0 Å². The van der Waals surface area contributed by atoms with Crippen molar-refractivity contribution in [3.05, 3.63) is 28.2 Å². The van der Waals surface area contributed by atoms with Gasteiger partial charge in [0, 0.05) is 30.7 Å². The molecule has 16 heavy (non-hydrogen) atoms. The summed E-state index contributed by atoms with van der Waals surface area (Å²) in [6, 6.07) is 6.56. The van der Waals surface area contributed by atoms with Crippen molar-refractivity contribution in [2.45, 2.75) is 6.42 Å². The van der Waals surface area contributed by atoms with Crippen molar-refractivity contribution < 1.29 is 0 Å². The molecule has 0 saturated carbocycles. The van der Waals surface area contributed by atoms with Gasteiger partial charge in [0.25, 0.3) is 0 Å². The van der Waals surface area contributed by atoms with Crippen LogP contribution in [-0.4, -0.2) is 32.7 Å². The Kier molecular flexibility index (Phi) is 4.21. The van der Waals surface area contributed by atoms with Gasteiger partial charge < -0.3 is 16.0 Å². The van der Waals surface area contributed by atoms with Crippen LogP contribution in [0.25, 0.3) is 0 Å². The first-order valence-electron chi connectivity index (χ1n) is 5.75. The largest absolute Gasteiger partial charge is 0.368 e. The number of hydrogen-bond donors (Lipinski definition) is 2. The Bertz CT molecular complexity index is 348. The highest BCUT2D eigenvalue weighted by atomic mass is 79.9. The summed E-state index contributed by atoms with van der Waals surface area (Å²) in [6.45, 7) is 5.00. The van der Waals surface area contributed by atoms with E-state index in [0.717, 1.165) is 32.6 Å². The predicted octanol–water partition coefficient (Wildman–Crippen LogP) is 1.36. The van der Waals surface area contributed by atoms with Crippen LogP contribution in [0.4, 0.5) is 5.69 Å². The van der Waals surface area contributed by atoms with Gasteiger partial charge in [0.15, 0.2) is 0 Å². The number of anilines is 1. The summed E-state index contributed by atoms with van der Waals surface area (Å²) < 4.78 is 1.18. The third kappa shape index (κ3) is 2.75. The quantitative estimate of drug-likeness (QED) is 0.880. The number of benzene rings is 1. The minimum absolute atomic E-state index is 0.708. The number of rotatable bonds is 3. The van der Waals surface area contributed by atoms with Gasteiger partial charge in [0.05, 0.1) is 5.69 Å². The molecule has 88 valence electrons. The van der Waals surface area contributed by atoms with Gasteiger partial charge in [-0.25, -0.2) is 0 Å². The average Bonchev–Trinajstić information content (AvgIpc) is 2.31. The van der Waals surface area contributed by atoms with E-state index in [1.807, 2.05) is 0 Å². The van der Waals surface area contributed by atoms with Gasteiger partial charge >= 0.3 is 0 Å². The van der Waals surface area contributed by atoms with Crippen molar-refractivity contribution >= 4 is 21.6 Å². The van der Waals surface area contributed by atoms with Crippen molar-refractivity contribution in [2.75, 3.05) is 37.6 Å². The maximum absolute atomic E-state index is 5.56. The van der Waals surface area contributed by atoms with Crippen molar-refractivity contribution in [3.63, 3.8) is 0 Å². The monoisotopic (exact) mass is 283 g/mol. The lowest BCUT2D eigenvalue weighted by Gasteiger charge is -2.30. The Labute approximate surface area is 105 Å². The number of nitrogens with zero attached hydrogens (tertiary/aromatic N) is 1. The molecule has 0 amide bonds. The summed E-state index contributed by atoms with van der Waals surface area (Å²) in [5.74, 6) is 0. The second-order valence-corrected chi connectivity index (χ2v) is 4.92. The molecule has 0 aromatic heterocycles. The molecule has 0 bridgehead atoms. The molecule has 4 heteroatoms. The van der Waals surface area contributed by atoms with Gasteiger partial charge in [-0.2, -0.15) is 0 Å². The van der Waals surface area contributed by atoms with Gasteiger partial charge in [0.1, 0.15) is 0 Å². The molecule has 0 radical (unpaired) electrons. The number of nitrogens with one attached hydrogen (secondary N) is 1. The van der Waals surface area contributed by atoms with Crippen LogP contribution in [0.3, 0.4) is 0 Å². The van der Waals surface area contributed by atoms with Gasteiger partial charge in [-0.05, 0) is 46.6 Å². The fourth-order valence-corrected chi connectivity index (χ4v) is 2.71. The first-order valence-corrected chi connectivity index (χ1v) is 6.54. The Balaban J connectivity index is 2.14. The highest BCUT2D eigenvalue weighted by molar-refractivity contribution is 9.10. The predicted molar refractivity (Wildman–Crippen MR) is 72.0 cm³/mol. The van der Waals surface area contributed by atoms with Crippen LogP contribution in [0.5, 0.6) is 0 Å². The van der Waals surface area contributed by atoms with E-state index in [-0.39, 0.29) is 0 Å². The topological polar surface area (TPSA) is 41.3 Å². The molecule has 0 atom stereocenters. The van der Waals surface area contributed by atoms with E-state index in [4.69, 9.17) is 5.73 Å². The summed E-state index contributed by atoms with van der Waals surface area (Å²) >= 11 is 3.65. The number of halogens is 1. The van der Waals surface area contributed by atoms with E-state index in [1.54, 1.807) is 0 Å². The first kappa shape index (κ1) is 11.9. The van der Waals surface area contributed by atoms with Crippen LogP contribution >= 0.6 is 15.9 Å². The second-order valence-electron chi connectivity index (χ2n) is 4.06. The normalized spacial score (nSPS) is 16.5. The Hall–Kier alpha value is -0.580. The molecule has 1 heterocycles. The maximum Gasteiger partial charge on any atom is 0.0511 e. The smallest absolute Gasteiger partial charge is 0.0511 e. The molecule has 0 spiro atoms. The third-order valence-corrected chi connectivity index (χ3v) is 3.54. The van der Waals surface area contributed by atoms with Crippen LogP contribution in [-0.2, 0) is 6.42 Å². The Morgan fingerprint density at radius 2 is 2.06 bits per heavy atom. The highest BCUT2D eigenvalue weighted by Gasteiger charge is 2.13. The summed E-state index contributed by atoms with van der Waals surface area (Å²) in [5.41, 5.74) is 8.15. The van der Waals surface area contributed by atoms with Crippen LogP contribution in [0.1, 0.15) is 5.56 Å². The summed E-state index contributed by atoms with van der Waals surface area (Å²) in [5, 5.41) is 3.36. The molecule has 0 aliphatic carbocycles. The molecule has 1 aliphatic rings. The fraction of sp³-hybridized carbons (Fsp3) is 0.500. The minimum atomic E-state index is 0.708. The minimum Gasteiger partial charge on any atom is -0.368 e. The fourth-order valence-electron chi connectivity index (χ4n) is 2.03. The molecule has 1 fully saturated rings. The van der Waals surface area contributed by atoms with E-state index in [0.29, 0.717) is 6.54 Å². The third-order valence-electron chi connectivity index (χ3n) is 2.90. The van der Waals surface area contributed by atoms with Gasteiger partial charge in [-0.15, -0.1) is 0 Å². The van der Waals surface area contributed by atoms with E-state index in [2.05, 4.69) is 44.3 Å². The number of hydrogen-bond acceptors (Lipinski definition) is 3. The zero-order valence-corrected chi connectivity index (χ0v) is 11.0. The van der Waals surface area contributed by atoms with E-state index in [9.17, 15) is 0 Å². The maximum atomic E-state index is 5.56. The standard InChI is InChI=1S/C12H18BrN3/c13-11-9-10(3-4-14)1-2-12(11)16-7-5-15-6-8-16/h1-2,9,15H,3-8,14H2. The molecule has 1 aliphatic heterocycles. The molecule has 2 rings (SSSR count). The molecular formula is C12H18BrN3. The first-order chi connectivity index (χ1) is 7.81. The average molecular weight is 284 g/mol. The molecule has 0 unspecified atom stereocenters. The SMILES string of the molecule is NCCc1ccc(N2CCNCC2)c(Br)c1. The molecule has 3 nitrogen and oxygen atoms in total. The van der Waals surface area contributed by atoms with Crippen LogP contribution in [0.15, 0.2) is 22.7 Å². The van der Waals surface area contributed by atoms with Crippen molar-refractivity contribution in [2.24, 2.45) is 5.73 Å². The summed E-state index contributed by atoms with van der Waals surface area (Å²) in [6.07, 6.45) is 0.945. The zero-order chi connectivity index (χ0) is 11.4. The zero-order valence-electron chi connectivity index (χ0n) is 9.38. The lowest BCUT2D eigenvalue weighted by molar-refractivity contribution is 0.588. The van der Waals surface area contributed by atoms with Crippen molar-refractivity contribution in [1.29, 1.82) is 0 Å². The van der Waals surface area contributed by atoms with Crippen molar-refractivity contribution in [3.8, 4) is 0 Å². The summed E-state index contributed by atoms with van der Waals surface area (Å²) in [4.78, 5) is 2.41.